The number of aromatic nitrogens is 1. The predicted octanol–water partition coefficient (Wildman–Crippen LogP) is 3.63. The Labute approximate surface area is 133 Å². The van der Waals surface area contributed by atoms with E-state index in [4.69, 9.17) is 9.72 Å². The largest absolute Gasteiger partial charge is 0.383 e. The minimum Gasteiger partial charge on any atom is -0.383 e. The summed E-state index contributed by atoms with van der Waals surface area (Å²) >= 11 is 1.82. The highest BCUT2D eigenvalue weighted by Gasteiger charge is 2.19. The fourth-order valence-electron chi connectivity index (χ4n) is 2.19. The molecule has 0 aromatic carbocycles. The average Bonchev–Trinajstić information content (AvgIpc) is 2.83. The lowest BCUT2D eigenvalue weighted by Gasteiger charge is -2.25. The van der Waals surface area contributed by atoms with Crippen molar-refractivity contribution in [3.05, 3.63) is 10.6 Å². The topological polar surface area (TPSA) is 37.4 Å². The van der Waals surface area contributed by atoms with Gasteiger partial charge in [0.15, 0.2) is 5.13 Å². The van der Waals surface area contributed by atoms with Crippen LogP contribution in [0.15, 0.2) is 0 Å². The van der Waals surface area contributed by atoms with Crippen LogP contribution in [0.4, 0.5) is 5.13 Å². The van der Waals surface area contributed by atoms with E-state index in [1.807, 2.05) is 11.3 Å². The second-order valence-corrected chi connectivity index (χ2v) is 6.98. The summed E-state index contributed by atoms with van der Waals surface area (Å²) in [5.41, 5.74) is 1.24. The number of hydrogen-bond donors (Lipinski definition) is 1. The molecule has 1 rings (SSSR count). The van der Waals surface area contributed by atoms with Gasteiger partial charge in [0, 0.05) is 31.1 Å². The molecule has 5 heteroatoms. The Morgan fingerprint density at radius 1 is 1.29 bits per heavy atom. The molecule has 122 valence electrons. The molecule has 0 bridgehead atoms. The van der Waals surface area contributed by atoms with Gasteiger partial charge in [0.05, 0.1) is 12.3 Å². The maximum Gasteiger partial charge on any atom is 0.186 e. The Balaban J connectivity index is 2.92. The molecule has 0 aliphatic carbocycles. The molecule has 0 spiro atoms. The molecule has 0 unspecified atom stereocenters. The molecule has 4 nitrogen and oxygen atoms in total. The summed E-state index contributed by atoms with van der Waals surface area (Å²) in [5, 5.41) is 4.62. The first-order valence-electron chi connectivity index (χ1n) is 7.97. The Morgan fingerprint density at radius 2 is 2.00 bits per heavy atom. The minimum absolute atomic E-state index is 0.433. The van der Waals surface area contributed by atoms with Gasteiger partial charge in [0.2, 0.25) is 0 Å². The number of hydrogen-bond acceptors (Lipinski definition) is 5. The van der Waals surface area contributed by atoms with Crippen LogP contribution in [0, 0.1) is 0 Å². The van der Waals surface area contributed by atoms with Gasteiger partial charge in [-0.05, 0) is 32.7 Å². The maximum atomic E-state index is 5.23. The maximum absolute atomic E-state index is 5.23. The summed E-state index contributed by atoms with van der Waals surface area (Å²) in [7, 11) is 1.75. The average molecular weight is 314 g/mol. The second kappa shape index (κ2) is 9.38. The van der Waals surface area contributed by atoms with E-state index in [2.05, 4.69) is 44.8 Å². The van der Waals surface area contributed by atoms with Crippen LogP contribution in [0.2, 0.25) is 0 Å². The van der Waals surface area contributed by atoms with Crippen LogP contribution >= 0.6 is 11.3 Å². The quantitative estimate of drug-likeness (QED) is 0.669. The molecule has 1 aromatic rings. The van der Waals surface area contributed by atoms with Gasteiger partial charge in [-0.1, -0.05) is 20.8 Å². The van der Waals surface area contributed by atoms with Crippen molar-refractivity contribution in [3.63, 3.8) is 0 Å². The molecule has 0 saturated heterocycles. The fourth-order valence-corrected chi connectivity index (χ4v) is 3.54. The molecule has 21 heavy (non-hydrogen) atoms. The first-order valence-corrected chi connectivity index (χ1v) is 8.78. The highest BCUT2D eigenvalue weighted by molar-refractivity contribution is 7.15. The third kappa shape index (κ3) is 5.57. The summed E-state index contributed by atoms with van der Waals surface area (Å²) in [6, 6.07) is 0.433. The van der Waals surface area contributed by atoms with Crippen molar-refractivity contribution in [2.45, 2.75) is 59.5 Å². The lowest BCUT2D eigenvalue weighted by molar-refractivity contribution is 0.204. The summed E-state index contributed by atoms with van der Waals surface area (Å²) in [5.74, 6) is 0.463. The van der Waals surface area contributed by atoms with E-state index in [9.17, 15) is 0 Å². The van der Waals surface area contributed by atoms with Crippen LogP contribution < -0.4 is 10.2 Å². The summed E-state index contributed by atoms with van der Waals surface area (Å²) < 4.78 is 5.23. The molecule has 0 saturated carbocycles. The van der Waals surface area contributed by atoms with Crippen LogP contribution in [0.5, 0.6) is 0 Å². The van der Waals surface area contributed by atoms with Gasteiger partial charge < -0.3 is 15.0 Å². The third-order valence-electron chi connectivity index (χ3n) is 3.38. The number of anilines is 1. The molecule has 0 amide bonds. The van der Waals surface area contributed by atoms with Gasteiger partial charge in [-0.15, -0.1) is 11.3 Å². The summed E-state index contributed by atoms with van der Waals surface area (Å²) in [4.78, 5) is 8.62. The number of ether oxygens (including phenoxy) is 1. The first kappa shape index (κ1) is 18.4. The van der Waals surface area contributed by atoms with Crippen molar-refractivity contribution in [1.82, 2.24) is 10.3 Å². The Morgan fingerprint density at radius 3 is 2.52 bits per heavy atom. The highest BCUT2D eigenvalue weighted by Crippen LogP contribution is 2.31. The fraction of sp³-hybridized carbons (Fsp3) is 0.812. The van der Waals surface area contributed by atoms with Crippen LogP contribution in [0.25, 0.3) is 0 Å². The van der Waals surface area contributed by atoms with E-state index < -0.39 is 0 Å². The zero-order valence-electron chi connectivity index (χ0n) is 14.4. The van der Waals surface area contributed by atoms with Gasteiger partial charge in [-0.2, -0.15) is 0 Å². The van der Waals surface area contributed by atoms with Gasteiger partial charge in [-0.25, -0.2) is 4.98 Å². The van der Waals surface area contributed by atoms with Crippen molar-refractivity contribution < 1.29 is 4.74 Å². The molecule has 0 aliphatic heterocycles. The Hall–Kier alpha value is -0.650. The Kier molecular flexibility index (Phi) is 8.22. The van der Waals surface area contributed by atoms with Crippen molar-refractivity contribution in [2.24, 2.45) is 0 Å². The number of nitrogens with zero attached hydrogens (tertiary/aromatic N) is 2. The van der Waals surface area contributed by atoms with Crippen LogP contribution in [0.3, 0.4) is 0 Å². The van der Waals surface area contributed by atoms with Crippen molar-refractivity contribution >= 4 is 16.5 Å². The first-order chi connectivity index (χ1) is 10.0. The van der Waals surface area contributed by atoms with Crippen molar-refractivity contribution in [1.29, 1.82) is 0 Å². The number of methoxy groups -OCH3 is 1. The predicted molar refractivity (Wildman–Crippen MR) is 92.6 cm³/mol. The monoisotopic (exact) mass is 313 g/mol. The van der Waals surface area contributed by atoms with E-state index >= 15 is 0 Å². The third-order valence-corrected chi connectivity index (χ3v) is 4.49. The molecule has 0 atom stereocenters. The zero-order valence-corrected chi connectivity index (χ0v) is 15.2. The van der Waals surface area contributed by atoms with E-state index in [1.165, 1.54) is 10.6 Å². The molecular weight excluding hydrogens is 282 g/mol. The molecule has 0 fully saturated rings. The van der Waals surface area contributed by atoms with Gasteiger partial charge in [0.1, 0.15) is 0 Å². The van der Waals surface area contributed by atoms with E-state index in [-0.39, 0.29) is 0 Å². The van der Waals surface area contributed by atoms with Crippen LogP contribution in [-0.2, 0) is 11.3 Å². The Bertz CT molecular complexity index is 404. The molecule has 0 aliphatic rings. The molecule has 1 heterocycles. The van der Waals surface area contributed by atoms with E-state index in [0.717, 1.165) is 37.8 Å². The summed E-state index contributed by atoms with van der Waals surface area (Å²) in [6.45, 7) is 14.7. The standard InChI is InChI=1S/C16H31N3OS/c1-7-8-17-11-14-15(12(2)3)18-16(21-14)19(13(4)5)9-10-20-6/h12-13,17H,7-11H2,1-6H3. The number of nitrogens with one attached hydrogen (secondary N) is 1. The van der Waals surface area contributed by atoms with Crippen LogP contribution in [0.1, 0.15) is 57.5 Å². The normalized spacial score (nSPS) is 11.6. The SMILES string of the molecule is CCCNCc1sc(N(CCOC)C(C)C)nc1C(C)C. The van der Waals surface area contributed by atoms with Gasteiger partial charge >= 0.3 is 0 Å². The minimum atomic E-state index is 0.433. The zero-order chi connectivity index (χ0) is 15.8. The molecule has 1 aromatic heterocycles. The number of rotatable bonds is 10. The van der Waals surface area contributed by atoms with E-state index in [1.54, 1.807) is 7.11 Å². The van der Waals surface area contributed by atoms with E-state index in [0.29, 0.717) is 12.0 Å². The molecule has 0 radical (unpaired) electrons. The van der Waals surface area contributed by atoms with Crippen molar-refractivity contribution in [3.8, 4) is 0 Å². The van der Waals surface area contributed by atoms with Gasteiger partial charge in [0.25, 0.3) is 0 Å². The van der Waals surface area contributed by atoms with Crippen LogP contribution in [-0.4, -0.2) is 37.8 Å². The van der Waals surface area contributed by atoms with Crippen molar-refractivity contribution in [2.75, 3.05) is 31.7 Å². The second-order valence-electron chi connectivity index (χ2n) is 5.92. The lowest BCUT2D eigenvalue weighted by atomic mass is 10.1. The molecular formula is C16H31N3OS. The lowest BCUT2D eigenvalue weighted by Crippen LogP contribution is -2.33. The molecule has 1 N–H and O–H groups in total. The number of thiazole rings is 1. The smallest absolute Gasteiger partial charge is 0.186 e. The highest BCUT2D eigenvalue weighted by atomic mass is 32.1. The summed E-state index contributed by atoms with van der Waals surface area (Å²) in [6.07, 6.45) is 1.16. The van der Waals surface area contributed by atoms with Gasteiger partial charge in [-0.3, -0.25) is 0 Å².